The Labute approximate surface area is 132 Å². The number of aromatic nitrogens is 1. The second-order valence-corrected chi connectivity index (χ2v) is 5.69. The zero-order valence-corrected chi connectivity index (χ0v) is 13.7. The summed E-state index contributed by atoms with van der Waals surface area (Å²) in [7, 11) is 3.58. The van der Waals surface area contributed by atoms with E-state index in [1.807, 2.05) is 31.3 Å². The number of ether oxygens (including phenoxy) is 1. The fraction of sp³-hybridized carbons (Fsp3) is 0.267. The lowest BCUT2D eigenvalue weighted by atomic mass is 10.0. The molecule has 0 aliphatic heterocycles. The standard InChI is InChI=1S/C15H16BrClN2O/c1-18-13(15-12(17)4-3-7-19-15)9-10-8-11(16)5-6-14(10)20-2/h3-8,13,18H,9H2,1-2H3. The fourth-order valence-electron chi connectivity index (χ4n) is 2.12. The van der Waals surface area contributed by atoms with E-state index in [9.17, 15) is 0 Å². The molecule has 0 fully saturated rings. The van der Waals surface area contributed by atoms with E-state index in [-0.39, 0.29) is 6.04 Å². The van der Waals surface area contributed by atoms with Gasteiger partial charge in [0.2, 0.25) is 0 Å². The number of likely N-dealkylation sites (N-methyl/N-ethyl adjacent to an activating group) is 1. The maximum atomic E-state index is 6.23. The lowest BCUT2D eigenvalue weighted by Crippen LogP contribution is -2.20. The molecule has 1 heterocycles. The first kappa shape index (κ1) is 15.3. The molecule has 0 radical (unpaired) electrons. The Morgan fingerprint density at radius 3 is 2.85 bits per heavy atom. The average Bonchev–Trinajstić information content (AvgIpc) is 2.46. The van der Waals surface area contributed by atoms with Crippen LogP contribution in [-0.2, 0) is 6.42 Å². The van der Waals surface area contributed by atoms with Crippen LogP contribution in [0.5, 0.6) is 5.75 Å². The third-order valence-corrected chi connectivity index (χ3v) is 3.94. The molecule has 106 valence electrons. The molecule has 0 amide bonds. The quantitative estimate of drug-likeness (QED) is 0.880. The summed E-state index contributed by atoms with van der Waals surface area (Å²) < 4.78 is 6.43. The number of hydrogen-bond acceptors (Lipinski definition) is 3. The van der Waals surface area contributed by atoms with Crippen LogP contribution in [0.3, 0.4) is 0 Å². The van der Waals surface area contributed by atoms with Crippen LogP contribution in [0.1, 0.15) is 17.3 Å². The topological polar surface area (TPSA) is 34.1 Å². The maximum absolute atomic E-state index is 6.23. The van der Waals surface area contributed by atoms with Crippen LogP contribution in [-0.4, -0.2) is 19.1 Å². The molecule has 1 aromatic heterocycles. The summed E-state index contributed by atoms with van der Waals surface area (Å²) in [6.07, 6.45) is 2.50. The van der Waals surface area contributed by atoms with E-state index >= 15 is 0 Å². The second-order valence-electron chi connectivity index (χ2n) is 4.37. The highest BCUT2D eigenvalue weighted by Crippen LogP contribution is 2.29. The molecular weight excluding hydrogens is 340 g/mol. The summed E-state index contributed by atoms with van der Waals surface area (Å²) in [5.41, 5.74) is 1.95. The minimum atomic E-state index is 0.0342. The summed E-state index contributed by atoms with van der Waals surface area (Å²) >= 11 is 9.72. The van der Waals surface area contributed by atoms with Gasteiger partial charge in [0, 0.05) is 10.7 Å². The molecule has 1 unspecified atom stereocenters. The number of benzene rings is 1. The van der Waals surface area contributed by atoms with Gasteiger partial charge in [-0.25, -0.2) is 0 Å². The Morgan fingerprint density at radius 2 is 2.20 bits per heavy atom. The second kappa shape index (κ2) is 7.07. The molecule has 0 saturated carbocycles. The van der Waals surface area contributed by atoms with E-state index < -0.39 is 0 Å². The van der Waals surface area contributed by atoms with Crippen molar-refractivity contribution in [2.75, 3.05) is 14.2 Å². The highest BCUT2D eigenvalue weighted by Gasteiger charge is 2.17. The predicted molar refractivity (Wildman–Crippen MR) is 85.4 cm³/mol. The summed E-state index contributed by atoms with van der Waals surface area (Å²) in [6, 6.07) is 9.69. The molecule has 3 nitrogen and oxygen atoms in total. The van der Waals surface area contributed by atoms with Crippen molar-refractivity contribution in [1.29, 1.82) is 0 Å². The lowest BCUT2D eigenvalue weighted by Gasteiger charge is -2.18. The third-order valence-electron chi connectivity index (χ3n) is 3.13. The SMILES string of the molecule is CNC(Cc1cc(Br)ccc1OC)c1ncccc1Cl. The molecule has 5 heteroatoms. The van der Waals surface area contributed by atoms with Gasteiger partial charge in [0.1, 0.15) is 5.75 Å². The van der Waals surface area contributed by atoms with Gasteiger partial charge in [-0.05, 0) is 49.4 Å². The van der Waals surface area contributed by atoms with Gasteiger partial charge in [0.15, 0.2) is 0 Å². The zero-order valence-electron chi connectivity index (χ0n) is 11.4. The highest BCUT2D eigenvalue weighted by molar-refractivity contribution is 9.10. The highest BCUT2D eigenvalue weighted by atomic mass is 79.9. The molecule has 1 atom stereocenters. The number of pyridine rings is 1. The molecule has 0 saturated heterocycles. The first-order chi connectivity index (χ1) is 9.65. The number of nitrogens with one attached hydrogen (secondary N) is 1. The Hall–Kier alpha value is -1.10. The van der Waals surface area contributed by atoms with Crippen LogP contribution in [0.2, 0.25) is 5.02 Å². The minimum absolute atomic E-state index is 0.0342. The zero-order chi connectivity index (χ0) is 14.5. The summed E-state index contributed by atoms with van der Waals surface area (Å²) in [5, 5.41) is 3.93. The van der Waals surface area contributed by atoms with Crippen molar-refractivity contribution in [3.63, 3.8) is 0 Å². The summed E-state index contributed by atoms with van der Waals surface area (Å²) in [4.78, 5) is 4.38. The van der Waals surface area contributed by atoms with E-state index in [2.05, 4.69) is 32.3 Å². The first-order valence-corrected chi connectivity index (χ1v) is 7.43. The number of hydrogen-bond donors (Lipinski definition) is 1. The summed E-state index contributed by atoms with van der Waals surface area (Å²) in [5.74, 6) is 0.862. The van der Waals surface area contributed by atoms with Gasteiger partial charge in [-0.3, -0.25) is 4.98 Å². The predicted octanol–water partition coefficient (Wildman–Crippen LogP) is 4.01. The first-order valence-electron chi connectivity index (χ1n) is 6.25. The van der Waals surface area contributed by atoms with Crippen LogP contribution >= 0.6 is 27.5 Å². The van der Waals surface area contributed by atoms with Gasteiger partial charge < -0.3 is 10.1 Å². The molecule has 0 spiro atoms. The van der Waals surface area contributed by atoms with E-state index in [4.69, 9.17) is 16.3 Å². The summed E-state index contributed by atoms with van der Waals surface area (Å²) in [6.45, 7) is 0. The molecular formula is C15H16BrClN2O. The van der Waals surface area contributed by atoms with Gasteiger partial charge in [0.25, 0.3) is 0 Å². The van der Waals surface area contributed by atoms with E-state index in [1.165, 1.54) is 0 Å². The van der Waals surface area contributed by atoms with Crippen molar-refractivity contribution in [1.82, 2.24) is 10.3 Å². The van der Waals surface area contributed by atoms with Crippen LogP contribution in [0.25, 0.3) is 0 Å². The van der Waals surface area contributed by atoms with E-state index in [0.717, 1.165) is 27.9 Å². The van der Waals surface area contributed by atoms with Crippen LogP contribution in [0.4, 0.5) is 0 Å². The maximum Gasteiger partial charge on any atom is 0.122 e. The number of halogens is 2. The van der Waals surface area contributed by atoms with Crippen molar-refractivity contribution in [2.24, 2.45) is 0 Å². The van der Waals surface area contributed by atoms with E-state index in [0.29, 0.717) is 5.02 Å². The van der Waals surface area contributed by atoms with Crippen molar-refractivity contribution < 1.29 is 4.74 Å². The van der Waals surface area contributed by atoms with Gasteiger partial charge in [-0.15, -0.1) is 0 Å². The number of nitrogens with zero attached hydrogens (tertiary/aromatic N) is 1. The minimum Gasteiger partial charge on any atom is -0.496 e. The van der Waals surface area contributed by atoms with Crippen molar-refractivity contribution in [3.05, 3.63) is 57.3 Å². The van der Waals surface area contributed by atoms with Crippen molar-refractivity contribution in [3.8, 4) is 5.75 Å². The van der Waals surface area contributed by atoms with Crippen LogP contribution < -0.4 is 10.1 Å². The fourth-order valence-corrected chi connectivity index (χ4v) is 2.78. The third kappa shape index (κ3) is 3.51. The largest absolute Gasteiger partial charge is 0.496 e. The molecule has 0 aliphatic carbocycles. The number of rotatable bonds is 5. The van der Waals surface area contributed by atoms with Crippen molar-refractivity contribution in [2.45, 2.75) is 12.5 Å². The molecule has 2 aromatic rings. The molecule has 1 N–H and O–H groups in total. The van der Waals surface area contributed by atoms with Gasteiger partial charge >= 0.3 is 0 Å². The molecule has 20 heavy (non-hydrogen) atoms. The molecule has 1 aromatic carbocycles. The molecule has 0 bridgehead atoms. The van der Waals surface area contributed by atoms with Crippen molar-refractivity contribution >= 4 is 27.5 Å². The van der Waals surface area contributed by atoms with Crippen LogP contribution in [0.15, 0.2) is 41.0 Å². The Balaban J connectivity index is 2.31. The monoisotopic (exact) mass is 354 g/mol. The molecule has 2 rings (SSSR count). The Morgan fingerprint density at radius 1 is 1.40 bits per heavy atom. The van der Waals surface area contributed by atoms with Gasteiger partial charge in [-0.1, -0.05) is 27.5 Å². The Bertz CT molecular complexity index is 592. The Kier molecular flexibility index (Phi) is 5.40. The smallest absolute Gasteiger partial charge is 0.122 e. The van der Waals surface area contributed by atoms with E-state index in [1.54, 1.807) is 13.3 Å². The molecule has 0 aliphatic rings. The average molecular weight is 356 g/mol. The van der Waals surface area contributed by atoms with Gasteiger partial charge in [0.05, 0.1) is 23.9 Å². The van der Waals surface area contributed by atoms with Crippen LogP contribution in [0, 0.1) is 0 Å². The normalized spacial score (nSPS) is 12.2. The lowest BCUT2D eigenvalue weighted by molar-refractivity contribution is 0.406. The van der Waals surface area contributed by atoms with Gasteiger partial charge in [-0.2, -0.15) is 0 Å². The number of methoxy groups -OCH3 is 1.